The van der Waals surface area contributed by atoms with Gasteiger partial charge < -0.3 is 18.7 Å². The third-order valence-electron chi connectivity index (χ3n) is 4.91. The zero-order chi connectivity index (χ0) is 19.2. The Hall–Kier alpha value is -3.00. The number of nitrogens with zero attached hydrogens (tertiary/aromatic N) is 5. The normalized spacial score (nSPS) is 15.1. The molecule has 1 aliphatic heterocycles. The number of rotatable bonds is 7. The van der Waals surface area contributed by atoms with Crippen LogP contribution in [0.15, 0.2) is 53.6 Å². The average molecular weight is 381 g/mol. The van der Waals surface area contributed by atoms with Crippen molar-refractivity contribution in [2.45, 2.75) is 38.5 Å². The van der Waals surface area contributed by atoms with Gasteiger partial charge >= 0.3 is 0 Å². The highest BCUT2D eigenvalue weighted by Crippen LogP contribution is 2.26. The lowest BCUT2D eigenvalue weighted by Gasteiger charge is -2.30. The van der Waals surface area contributed by atoms with Crippen molar-refractivity contribution in [1.82, 2.24) is 24.6 Å². The maximum absolute atomic E-state index is 12.4. The van der Waals surface area contributed by atoms with E-state index in [9.17, 15) is 4.79 Å². The van der Waals surface area contributed by atoms with E-state index in [4.69, 9.17) is 9.26 Å². The van der Waals surface area contributed by atoms with Crippen LogP contribution in [0.25, 0.3) is 0 Å². The average Bonchev–Trinajstić information content (AvgIpc) is 3.41. The van der Waals surface area contributed by atoms with Crippen LogP contribution in [0.2, 0.25) is 0 Å². The number of aromatic nitrogens is 4. The molecule has 0 N–H and O–H groups in total. The van der Waals surface area contributed by atoms with Crippen LogP contribution in [0.5, 0.6) is 0 Å². The molecule has 0 atom stereocenters. The van der Waals surface area contributed by atoms with Crippen LogP contribution < -0.4 is 0 Å². The molecule has 0 radical (unpaired) electrons. The summed E-state index contributed by atoms with van der Waals surface area (Å²) in [5.41, 5.74) is 1.11. The van der Waals surface area contributed by atoms with E-state index in [1.54, 1.807) is 23.3 Å². The molecule has 0 aliphatic carbocycles. The Morgan fingerprint density at radius 1 is 1.18 bits per heavy atom. The van der Waals surface area contributed by atoms with E-state index in [2.05, 4.69) is 15.1 Å². The van der Waals surface area contributed by atoms with Crippen LogP contribution >= 0.6 is 0 Å². The summed E-state index contributed by atoms with van der Waals surface area (Å²) < 4.78 is 12.8. The van der Waals surface area contributed by atoms with Crippen LogP contribution in [0.1, 0.15) is 36.0 Å². The number of amides is 1. The molecule has 1 fully saturated rings. The van der Waals surface area contributed by atoms with E-state index in [0.29, 0.717) is 44.6 Å². The molecule has 1 amide bonds. The standard InChI is InChI=1S/C20H23N5O3/c26-19(12-24-11-8-21-15-24)25-9-6-17(7-10-25)20-22-18(28-23-20)14-27-13-16-4-2-1-3-5-16/h1-5,8,11,15,17H,6-7,9-10,12-14H2. The number of ether oxygens (including phenoxy) is 1. The Balaban J connectivity index is 1.23. The quantitative estimate of drug-likeness (QED) is 0.625. The molecule has 8 heteroatoms. The molecule has 0 spiro atoms. The zero-order valence-corrected chi connectivity index (χ0v) is 15.6. The highest BCUT2D eigenvalue weighted by Gasteiger charge is 2.27. The molecule has 3 aromatic rings. The van der Waals surface area contributed by atoms with Gasteiger partial charge in [0.25, 0.3) is 5.89 Å². The van der Waals surface area contributed by atoms with Crippen molar-refractivity contribution in [1.29, 1.82) is 0 Å². The molecule has 2 aromatic heterocycles. The molecule has 0 unspecified atom stereocenters. The van der Waals surface area contributed by atoms with E-state index >= 15 is 0 Å². The molecular weight excluding hydrogens is 358 g/mol. The van der Waals surface area contributed by atoms with Gasteiger partial charge in [-0.25, -0.2) is 4.98 Å². The molecule has 0 bridgehead atoms. The largest absolute Gasteiger partial charge is 0.367 e. The molecule has 0 saturated carbocycles. The monoisotopic (exact) mass is 381 g/mol. The number of likely N-dealkylation sites (tertiary alicyclic amines) is 1. The van der Waals surface area contributed by atoms with Crippen LogP contribution in [-0.4, -0.2) is 43.6 Å². The number of hydrogen-bond donors (Lipinski definition) is 0. The summed E-state index contributed by atoms with van der Waals surface area (Å²) in [4.78, 5) is 22.7. The number of benzene rings is 1. The third kappa shape index (κ3) is 4.64. The molecular formula is C20H23N5O3. The second kappa shape index (κ2) is 8.79. The van der Waals surface area contributed by atoms with Gasteiger partial charge in [0, 0.05) is 31.4 Å². The SMILES string of the molecule is O=C(Cn1ccnc1)N1CCC(c2noc(COCc3ccccc3)n2)CC1. The Bertz CT molecular complexity index is 870. The van der Waals surface area contributed by atoms with E-state index in [1.807, 2.05) is 35.2 Å². The van der Waals surface area contributed by atoms with Crippen molar-refractivity contribution in [2.24, 2.45) is 0 Å². The minimum atomic E-state index is 0.111. The number of imidazole rings is 1. The summed E-state index contributed by atoms with van der Waals surface area (Å²) in [6.07, 6.45) is 6.80. The molecule has 8 nitrogen and oxygen atoms in total. The van der Waals surface area contributed by atoms with Gasteiger partial charge in [0.1, 0.15) is 13.2 Å². The maximum Gasteiger partial charge on any atom is 0.252 e. The molecule has 3 heterocycles. The molecule has 4 rings (SSSR count). The first-order valence-electron chi connectivity index (χ1n) is 9.45. The predicted octanol–water partition coefficient (Wildman–Crippen LogP) is 2.39. The fraction of sp³-hybridized carbons (Fsp3) is 0.400. The fourth-order valence-electron chi connectivity index (χ4n) is 3.35. The van der Waals surface area contributed by atoms with E-state index in [1.165, 1.54) is 0 Å². The van der Waals surface area contributed by atoms with E-state index < -0.39 is 0 Å². The second-order valence-electron chi connectivity index (χ2n) is 6.91. The lowest BCUT2D eigenvalue weighted by molar-refractivity contribution is -0.132. The van der Waals surface area contributed by atoms with Gasteiger partial charge in [0.15, 0.2) is 5.82 Å². The number of hydrogen-bond acceptors (Lipinski definition) is 6. The number of carbonyl (C=O) groups excluding carboxylic acids is 1. The minimum absolute atomic E-state index is 0.111. The molecule has 1 saturated heterocycles. The van der Waals surface area contributed by atoms with Gasteiger partial charge in [-0.2, -0.15) is 4.98 Å². The van der Waals surface area contributed by atoms with E-state index in [-0.39, 0.29) is 11.8 Å². The Kier molecular flexibility index (Phi) is 5.77. The first kappa shape index (κ1) is 18.4. The summed E-state index contributed by atoms with van der Waals surface area (Å²) in [6, 6.07) is 9.97. The Labute approximate surface area is 163 Å². The topological polar surface area (TPSA) is 86.3 Å². The van der Waals surface area contributed by atoms with Crippen molar-refractivity contribution < 1.29 is 14.1 Å². The summed E-state index contributed by atoms with van der Waals surface area (Å²) in [7, 11) is 0. The van der Waals surface area contributed by atoms with Gasteiger partial charge in [-0.15, -0.1) is 0 Å². The van der Waals surface area contributed by atoms with Crippen molar-refractivity contribution in [2.75, 3.05) is 13.1 Å². The Morgan fingerprint density at radius 2 is 2.00 bits per heavy atom. The van der Waals surface area contributed by atoms with Gasteiger partial charge in [-0.1, -0.05) is 35.5 Å². The van der Waals surface area contributed by atoms with Crippen LogP contribution in [0.4, 0.5) is 0 Å². The summed E-state index contributed by atoms with van der Waals surface area (Å²) in [5.74, 6) is 1.52. The predicted molar refractivity (Wildman–Crippen MR) is 100 cm³/mol. The van der Waals surface area contributed by atoms with Gasteiger partial charge in [0.05, 0.1) is 12.9 Å². The van der Waals surface area contributed by atoms with Gasteiger partial charge in [0.2, 0.25) is 5.91 Å². The zero-order valence-electron chi connectivity index (χ0n) is 15.6. The van der Waals surface area contributed by atoms with Gasteiger partial charge in [-0.3, -0.25) is 4.79 Å². The summed E-state index contributed by atoms with van der Waals surface area (Å²) >= 11 is 0. The van der Waals surface area contributed by atoms with E-state index in [0.717, 1.165) is 18.4 Å². The lowest BCUT2D eigenvalue weighted by atomic mass is 9.96. The first-order valence-corrected chi connectivity index (χ1v) is 9.45. The second-order valence-corrected chi connectivity index (χ2v) is 6.91. The fourth-order valence-corrected chi connectivity index (χ4v) is 3.35. The number of piperidine rings is 1. The highest BCUT2D eigenvalue weighted by molar-refractivity contribution is 5.76. The molecule has 146 valence electrons. The van der Waals surface area contributed by atoms with Crippen LogP contribution in [-0.2, 0) is 29.3 Å². The van der Waals surface area contributed by atoms with Crippen molar-refractivity contribution in [3.63, 3.8) is 0 Å². The summed E-state index contributed by atoms with van der Waals surface area (Å²) in [6.45, 7) is 2.54. The van der Waals surface area contributed by atoms with Crippen molar-refractivity contribution in [3.8, 4) is 0 Å². The molecule has 1 aliphatic rings. The molecule has 28 heavy (non-hydrogen) atoms. The third-order valence-corrected chi connectivity index (χ3v) is 4.91. The summed E-state index contributed by atoms with van der Waals surface area (Å²) in [5, 5.41) is 4.11. The van der Waals surface area contributed by atoms with Crippen molar-refractivity contribution >= 4 is 5.91 Å². The lowest BCUT2D eigenvalue weighted by Crippen LogP contribution is -2.39. The van der Waals surface area contributed by atoms with Crippen LogP contribution in [0, 0.1) is 0 Å². The first-order chi connectivity index (χ1) is 13.8. The minimum Gasteiger partial charge on any atom is -0.367 e. The molecule has 1 aromatic carbocycles. The Morgan fingerprint density at radius 3 is 2.75 bits per heavy atom. The highest BCUT2D eigenvalue weighted by atomic mass is 16.5. The van der Waals surface area contributed by atoms with Crippen molar-refractivity contribution in [3.05, 3.63) is 66.3 Å². The number of carbonyl (C=O) groups is 1. The van der Waals surface area contributed by atoms with Gasteiger partial charge in [-0.05, 0) is 18.4 Å². The van der Waals surface area contributed by atoms with Crippen LogP contribution in [0.3, 0.4) is 0 Å². The smallest absolute Gasteiger partial charge is 0.252 e. The maximum atomic E-state index is 12.4.